The summed E-state index contributed by atoms with van der Waals surface area (Å²) < 4.78 is 0. The van der Waals surface area contributed by atoms with Crippen LogP contribution in [0.15, 0.2) is 36.7 Å². The fourth-order valence-electron chi connectivity index (χ4n) is 2.93. The molecule has 2 N–H and O–H groups in total. The molecule has 6 nitrogen and oxygen atoms in total. The zero-order valence-electron chi connectivity index (χ0n) is 13.3. The molecule has 1 saturated heterocycles. The Hall–Kier alpha value is -2.63. The van der Waals surface area contributed by atoms with Crippen molar-refractivity contribution in [1.82, 2.24) is 14.9 Å². The fourth-order valence-corrected chi connectivity index (χ4v) is 2.93. The number of hydrogen-bond acceptors (Lipinski definition) is 5. The van der Waals surface area contributed by atoms with Crippen molar-refractivity contribution in [2.24, 2.45) is 0 Å². The van der Waals surface area contributed by atoms with Crippen molar-refractivity contribution in [2.75, 3.05) is 30.8 Å². The predicted molar refractivity (Wildman–Crippen MR) is 90.1 cm³/mol. The number of nitrogens with zero attached hydrogens (tertiary/aromatic N) is 4. The zero-order valence-corrected chi connectivity index (χ0v) is 13.3. The molecule has 2 heterocycles. The van der Waals surface area contributed by atoms with Crippen LogP contribution in [0.4, 0.5) is 11.5 Å². The minimum absolute atomic E-state index is 0.164. The smallest absolute Gasteiger partial charge is 0.276 e. The number of hydrogen-bond donors (Lipinski definition) is 1. The van der Waals surface area contributed by atoms with E-state index in [1.54, 1.807) is 11.9 Å². The highest BCUT2D eigenvalue weighted by molar-refractivity contribution is 5.96. The van der Waals surface area contributed by atoms with Gasteiger partial charge in [0.15, 0.2) is 11.5 Å². The molecule has 1 aromatic carbocycles. The number of carbonyl (C=O) groups excluding carboxylic acids is 1. The van der Waals surface area contributed by atoms with Crippen molar-refractivity contribution in [3.63, 3.8) is 0 Å². The van der Waals surface area contributed by atoms with Crippen LogP contribution < -0.4 is 10.6 Å². The van der Waals surface area contributed by atoms with Gasteiger partial charge in [-0.15, -0.1) is 0 Å². The molecule has 2 aromatic rings. The number of nitrogens with two attached hydrogens (primary N) is 1. The van der Waals surface area contributed by atoms with Crippen molar-refractivity contribution in [3.8, 4) is 0 Å². The molecule has 0 bridgehead atoms. The quantitative estimate of drug-likeness (QED) is 0.934. The van der Waals surface area contributed by atoms with Gasteiger partial charge in [0.1, 0.15) is 0 Å². The van der Waals surface area contributed by atoms with Crippen molar-refractivity contribution in [1.29, 1.82) is 0 Å². The SMILES string of the molecule is CN(Cc1ccccc1N1CCCC1)C(=O)c1nccnc1N. The molecule has 0 saturated carbocycles. The molecule has 0 unspecified atom stereocenters. The summed E-state index contributed by atoms with van der Waals surface area (Å²) in [7, 11) is 1.76. The summed E-state index contributed by atoms with van der Waals surface area (Å²) in [5.74, 6) is -0.0518. The molecule has 3 rings (SSSR count). The molecule has 0 atom stereocenters. The summed E-state index contributed by atoms with van der Waals surface area (Å²) in [6, 6.07) is 8.23. The highest BCUT2D eigenvalue weighted by Crippen LogP contribution is 2.25. The van der Waals surface area contributed by atoms with Crippen molar-refractivity contribution < 1.29 is 4.79 Å². The topological polar surface area (TPSA) is 75.3 Å². The first-order chi connectivity index (χ1) is 11.2. The summed E-state index contributed by atoms with van der Waals surface area (Å²) in [6.07, 6.45) is 5.41. The van der Waals surface area contributed by atoms with Gasteiger partial charge >= 0.3 is 0 Å². The summed E-state index contributed by atoms with van der Waals surface area (Å²) in [5, 5.41) is 0. The molecule has 23 heavy (non-hydrogen) atoms. The number of aromatic nitrogens is 2. The van der Waals surface area contributed by atoms with Crippen molar-refractivity contribution in [2.45, 2.75) is 19.4 Å². The van der Waals surface area contributed by atoms with Crippen molar-refractivity contribution >= 4 is 17.4 Å². The molecule has 1 aliphatic heterocycles. The van der Waals surface area contributed by atoms with Crippen LogP contribution in [0.25, 0.3) is 0 Å². The van der Waals surface area contributed by atoms with Crippen LogP contribution in [0, 0.1) is 0 Å². The molecule has 1 aromatic heterocycles. The number of amides is 1. The van der Waals surface area contributed by atoms with Gasteiger partial charge in [0, 0.05) is 44.8 Å². The van der Waals surface area contributed by atoms with E-state index < -0.39 is 0 Å². The maximum Gasteiger partial charge on any atom is 0.276 e. The van der Waals surface area contributed by atoms with Crippen LogP contribution in [-0.2, 0) is 6.54 Å². The number of anilines is 2. The van der Waals surface area contributed by atoms with Crippen LogP contribution in [0.3, 0.4) is 0 Å². The minimum Gasteiger partial charge on any atom is -0.382 e. The molecule has 120 valence electrons. The maximum atomic E-state index is 12.5. The van der Waals surface area contributed by atoms with E-state index in [-0.39, 0.29) is 17.4 Å². The molecule has 0 spiro atoms. The minimum atomic E-state index is -0.216. The summed E-state index contributed by atoms with van der Waals surface area (Å²) in [5.41, 5.74) is 8.29. The van der Waals surface area contributed by atoms with Crippen LogP contribution >= 0.6 is 0 Å². The molecule has 0 radical (unpaired) electrons. The second-order valence-corrected chi connectivity index (χ2v) is 5.77. The number of benzene rings is 1. The van der Waals surface area contributed by atoms with Gasteiger partial charge in [0.05, 0.1) is 0 Å². The Morgan fingerprint density at radius 3 is 2.65 bits per heavy atom. The van der Waals surface area contributed by atoms with Gasteiger partial charge in [-0.3, -0.25) is 4.79 Å². The van der Waals surface area contributed by atoms with E-state index in [2.05, 4.69) is 27.0 Å². The predicted octanol–water partition coefficient (Wildman–Crippen LogP) is 1.93. The molecular formula is C17H21N5O. The number of carbonyl (C=O) groups is 1. The third-order valence-corrected chi connectivity index (χ3v) is 4.12. The first-order valence-electron chi connectivity index (χ1n) is 7.81. The number of nitrogen functional groups attached to an aromatic ring is 1. The normalized spacial score (nSPS) is 14.0. The Morgan fingerprint density at radius 1 is 1.22 bits per heavy atom. The number of para-hydroxylation sites is 1. The largest absolute Gasteiger partial charge is 0.382 e. The van der Waals surface area contributed by atoms with E-state index in [0.717, 1.165) is 18.7 Å². The highest BCUT2D eigenvalue weighted by Gasteiger charge is 2.20. The Bertz CT molecular complexity index is 697. The van der Waals surface area contributed by atoms with E-state index >= 15 is 0 Å². The Morgan fingerprint density at radius 2 is 1.91 bits per heavy atom. The first-order valence-corrected chi connectivity index (χ1v) is 7.81. The molecule has 1 aliphatic rings. The van der Waals surface area contributed by atoms with Crippen LogP contribution in [0.1, 0.15) is 28.9 Å². The third kappa shape index (κ3) is 3.26. The van der Waals surface area contributed by atoms with E-state index in [4.69, 9.17) is 5.73 Å². The van der Waals surface area contributed by atoms with Gasteiger partial charge in [0.2, 0.25) is 0 Å². The molecular weight excluding hydrogens is 290 g/mol. The molecule has 1 fully saturated rings. The number of rotatable bonds is 4. The highest BCUT2D eigenvalue weighted by atomic mass is 16.2. The van der Waals surface area contributed by atoms with E-state index in [1.165, 1.54) is 30.9 Å². The lowest BCUT2D eigenvalue weighted by atomic mass is 10.1. The molecule has 6 heteroatoms. The lowest BCUT2D eigenvalue weighted by Gasteiger charge is -2.24. The van der Waals surface area contributed by atoms with Gasteiger partial charge in [-0.05, 0) is 24.5 Å². The van der Waals surface area contributed by atoms with Gasteiger partial charge in [-0.1, -0.05) is 18.2 Å². The van der Waals surface area contributed by atoms with E-state index in [9.17, 15) is 4.79 Å². The second-order valence-electron chi connectivity index (χ2n) is 5.77. The van der Waals surface area contributed by atoms with E-state index in [0.29, 0.717) is 6.54 Å². The lowest BCUT2D eigenvalue weighted by Crippen LogP contribution is -2.29. The van der Waals surface area contributed by atoms with Crippen LogP contribution in [0.5, 0.6) is 0 Å². The van der Waals surface area contributed by atoms with Crippen molar-refractivity contribution in [3.05, 3.63) is 47.9 Å². The standard InChI is InChI=1S/C17H21N5O/c1-21(17(23)15-16(18)20-9-8-19-15)12-13-6-2-3-7-14(13)22-10-4-5-11-22/h2-3,6-9H,4-5,10-12H2,1H3,(H2,18,20). The third-order valence-electron chi connectivity index (χ3n) is 4.12. The summed E-state index contributed by atoms with van der Waals surface area (Å²) >= 11 is 0. The maximum absolute atomic E-state index is 12.5. The van der Waals surface area contributed by atoms with E-state index in [1.807, 2.05) is 12.1 Å². The average Bonchev–Trinajstić information content (AvgIpc) is 3.09. The zero-order chi connectivity index (χ0) is 16.2. The van der Waals surface area contributed by atoms with Gasteiger partial charge in [-0.2, -0.15) is 0 Å². The second kappa shape index (κ2) is 6.64. The fraction of sp³-hybridized carbons (Fsp3) is 0.353. The average molecular weight is 311 g/mol. The van der Waals surface area contributed by atoms with Gasteiger partial charge < -0.3 is 15.5 Å². The van der Waals surface area contributed by atoms with Crippen LogP contribution in [-0.4, -0.2) is 40.9 Å². The Kier molecular flexibility index (Phi) is 4.41. The van der Waals surface area contributed by atoms with Gasteiger partial charge in [-0.25, -0.2) is 9.97 Å². The molecule has 0 aliphatic carbocycles. The summed E-state index contributed by atoms with van der Waals surface area (Å²) in [4.78, 5) is 24.5. The van der Waals surface area contributed by atoms with Gasteiger partial charge in [0.25, 0.3) is 5.91 Å². The van der Waals surface area contributed by atoms with Crippen LogP contribution in [0.2, 0.25) is 0 Å². The molecule has 1 amide bonds. The lowest BCUT2D eigenvalue weighted by molar-refractivity contribution is 0.0780. The Balaban J connectivity index is 1.79. The Labute approximate surface area is 135 Å². The monoisotopic (exact) mass is 311 g/mol. The first kappa shape index (κ1) is 15.3. The summed E-state index contributed by atoms with van der Waals surface area (Å²) in [6.45, 7) is 2.67.